The van der Waals surface area contributed by atoms with E-state index in [0.717, 1.165) is 11.2 Å². The number of rotatable bonds is 5. The van der Waals surface area contributed by atoms with Gasteiger partial charge in [-0.15, -0.1) is 0 Å². The number of nitrogens with one attached hydrogen (secondary N) is 2. The van der Waals surface area contributed by atoms with E-state index in [4.69, 9.17) is 0 Å². The van der Waals surface area contributed by atoms with Crippen LogP contribution in [0.2, 0.25) is 0 Å². The van der Waals surface area contributed by atoms with Gasteiger partial charge in [0.25, 0.3) is 5.91 Å². The van der Waals surface area contributed by atoms with E-state index in [9.17, 15) is 23.1 Å². The zero-order valence-corrected chi connectivity index (χ0v) is 14.7. The highest BCUT2D eigenvalue weighted by Gasteiger charge is 2.38. The molecule has 0 saturated carbocycles. The number of amides is 3. The molecule has 26 heavy (non-hydrogen) atoms. The number of hydrogen-bond donors (Lipinski definition) is 3. The number of carbonyl (C=O) groups excluding carboxylic acids is 2. The number of aromatic hydroxyl groups is 1. The third kappa shape index (κ3) is 3.94. The maximum absolute atomic E-state index is 12.6. The smallest absolute Gasteiger partial charge is 0.325 e. The maximum atomic E-state index is 12.6. The molecule has 1 fully saturated rings. The minimum atomic E-state index is -3.43. The van der Waals surface area contributed by atoms with E-state index in [0.29, 0.717) is 16.8 Å². The Morgan fingerprint density at radius 1 is 1.15 bits per heavy atom. The summed E-state index contributed by atoms with van der Waals surface area (Å²) in [5, 5.41) is 12.1. The van der Waals surface area contributed by atoms with Gasteiger partial charge in [0.15, 0.2) is 0 Å². The molecular weight excluding hydrogens is 358 g/mol. The van der Waals surface area contributed by atoms with E-state index in [1.54, 1.807) is 36.4 Å². The molecule has 2 aromatic carbocycles. The molecule has 1 atom stereocenters. The molecule has 1 aliphatic heterocycles. The summed E-state index contributed by atoms with van der Waals surface area (Å²) >= 11 is 0. The van der Waals surface area contributed by atoms with Crippen molar-refractivity contribution in [2.24, 2.45) is 0 Å². The lowest BCUT2D eigenvalue weighted by Gasteiger charge is -2.14. The fourth-order valence-electron chi connectivity index (χ4n) is 2.73. The number of phenolic OH excluding ortho intramolecular Hbond substituents is 1. The van der Waals surface area contributed by atoms with Crippen molar-refractivity contribution in [1.29, 1.82) is 0 Å². The second-order valence-electron chi connectivity index (χ2n) is 5.98. The molecule has 1 aliphatic rings. The van der Waals surface area contributed by atoms with Crippen LogP contribution in [0.1, 0.15) is 17.2 Å². The van der Waals surface area contributed by atoms with Crippen molar-refractivity contribution in [3.05, 3.63) is 59.7 Å². The van der Waals surface area contributed by atoms with Crippen LogP contribution in [0, 0.1) is 0 Å². The molecular formula is C17H17N3O5S. The Bertz CT molecular complexity index is 974. The van der Waals surface area contributed by atoms with Gasteiger partial charge in [-0.1, -0.05) is 24.3 Å². The number of nitrogens with zero attached hydrogens (tertiary/aromatic N) is 1. The zero-order valence-electron chi connectivity index (χ0n) is 13.8. The second kappa shape index (κ2) is 6.68. The van der Waals surface area contributed by atoms with E-state index in [1.807, 2.05) is 0 Å². The van der Waals surface area contributed by atoms with Gasteiger partial charge in [-0.3, -0.25) is 14.4 Å². The first-order valence-electron chi connectivity index (χ1n) is 7.70. The summed E-state index contributed by atoms with van der Waals surface area (Å²) in [7, 11) is -3.43. The van der Waals surface area contributed by atoms with E-state index in [2.05, 4.69) is 10.0 Å². The largest absolute Gasteiger partial charge is 0.508 e. The second-order valence-corrected chi connectivity index (χ2v) is 7.72. The number of benzene rings is 2. The standard InChI is InChI=1S/C17H17N3O5S/c1-26(24,25)19-13-6-2-4-11(8-13)10-20-16(22)15(18-17(20)23)12-5-3-7-14(21)9-12/h2-9,15,19,21H,10H2,1H3,(H,18,23). The fraction of sp³-hybridized carbons (Fsp3) is 0.176. The van der Waals surface area contributed by atoms with Crippen LogP contribution < -0.4 is 10.0 Å². The van der Waals surface area contributed by atoms with Crippen LogP contribution in [0.4, 0.5) is 10.5 Å². The molecule has 2 aromatic rings. The van der Waals surface area contributed by atoms with Crippen LogP contribution in [0.25, 0.3) is 0 Å². The van der Waals surface area contributed by atoms with Gasteiger partial charge in [0.2, 0.25) is 10.0 Å². The molecule has 3 rings (SSSR count). The lowest BCUT2D eigenvalue weighted by atomic mass is 10.1. The Morgan fingerprint density at radius 2 is 1.88 bits per heavy atom. The Morgan fingerprint density at radius 3 is 2.58 bits per heavy atom. The predicted molar refractivity (Wildman–Crippen MR) is 94.8 cm³/mol. The molecule has 8 nitrogen and oxygen atoms in total. The lowest BCUT2D eigenvalue weighted by molar-refractivity contribution is -0.128. The van der Waals surface area contributed by atoms with E-state index in [1.165, 1.54) is 12.1 Å². The summed E-state index contributed by atoms with van der Waals surface area (Å²) in [6.07, 6.45) is 1.04. The molecule has 0 spiro atoms. The molecule has 0 bridgehead atoms. The van der Waals surface area contributed by atoms with E-state index < -0.39 is 28.0 Å². The first-order valence-corrected chi connectivity index (χ1v) is 9.59. The van der Waals surface area contributed by atoms with Gasteiger partial charge in [0.1, 0.15) is 11.8 Å². The summed E-state index contributed by atoms with van der Waals surface area (Å²) in [4.78, 5) is 25.8. The minimum absolute atomic E-state index is 0.000730. The number of anilines is 1. The highest BCUT2D eigenvalue weighted by atomic mass is 32.2. The Labute approximate surface area is 150 Å². The average Bonchev–Trinajstić information content (AvgIpc) is 2.82. The minimum Gasteiger partial charge on any atom is -0.508 e. The van der Waals surface area contributed by atoms with Crippen molar-refractivity contribution in [2.45, 2.75) is 12.6 Å². The fourth-order valence-corrected chi connectivity index (χ4v) is 3.28. The Hall–Kier alpha value is -3.07. The van der Waals surface area contributed by atoms with Crippen LogP contribution in [-0.4, -0.2) is 36.6 Å². The molecule has 136 valence electrons. The highest BCUT2D eigenvalue weighted by Crippen LogP contribution is 2.26. The molecule has 0 aliphatic carbocycles. The van der Waals surface area contributed by atoms with Crippen molar-refractivity contribution in [3.63, 3.8) is 0 Å². The summed E-state index contributed by atoms with van der Waals surface area (Å²) in [6.45, 7) is -0.000730. The summed E-state index contributed by atoms with van der Waals surface area (Å²) in [6, 6.07) is 11.2. The van der Waals surface area contributed by atoms with Gasteiger partial charge in [-0.05, 0) is 35.4 Å². The van der Waals surface area contributed by atoms with Crippen LogP contribution in [0.5, 0.6) is 5.75 Å². The number of phenols is 1. The average molecular weight is 375 g/mol. The molecule has 1 saturated heterocycles. The molecule has 1 heterocycles. The van der Waals surface area contributed by atoms with Gasteiger partial charge < -0.3 is 10.4 Å². The molecule has 9 heteroatoms. The van der Waals surface area contributed by atoms with Crippen molar-refractivity contribution in [2.75, 3.05) is 11.0 Å². The third-order valence-corrected chi connectivity index (χ3v) is 4.41. The van der Waals surface area contributed by atoms with Crippen LogP contribution in [-0.2, 0) is 21.4 Å². The van der Waals surface area contributed by atoms with Gasteiger partial charge in [0, 0.05) is 5.69 Å². The predicted octanol–water partition coefficient (Wildman–Crippen LogP) is 1.56. The third-order valence-electron chi connectivity index (χ3n) is 3.80. The van der Waals surface area contributed by atoms with Gasteiger partial charge in [0.05, 0.1) is 12.8 Å². The summed E-state index contributed by atoms with van der Waals surface area (Å²) < 4.78 is 25.0. The number of hydrogen-bond acceptors (Lipinski definition) is 5. The van der Waals surface area contributed by atoms with Crippen molar-refractivity contribution in [1.82, 2.24) is 10.2 Å². The lowest BCUT2D eigenvalue weighted by Crippen LogP contribution is -2.30. The Kier molecular flexibility index (Phi) is 4.56. The highest BCUT2D eigenvalue weighted by molar-refractivity contribution is 7.92. The van der Waals surface area contributed by atoms with Gasteiger partial charge in [-0.25, -0.2) is 13.2 Å². The van der Waals surface area contributed by atoms with E-state index >= 15 is 0 Å². The van der Waals surface area contributed by atoms with Crippen LogP contribution in [0.15, 0.2) is 48.5 Å². The molecule has 3 amide bonds. The van der Waals surface area contributed by atoms with Crippen molar-refractivity contribution >= 4 is 27.6 Å². The number of sulfonamides is 1. The van der Waals surface area contributed by atoms with Crippen LogP contribution in [0.3, 0.4) is 0 Å². The molecule has 0 radical (unpaired) electrons. The number of urea groups is 1. The topological polar surface area (TPSA) is 116 Å². The monoisotopic (exact) mass is 375 g/mol. The van der Waals surface area contributed by atoms with Gasteiger partial charge in [-0.2, -0.15) is 0 Å². The number of imide groups is 1. The maximum Gasteiger partial charge on any atom is 0.325 e. The molecule has 3 N–H and O–H groups in total. The van der Waals surface area contributed by atoms with Crippen molar-refractivity contribution in [3.8, 4) is 5.75 Å². The first-order chi connectivity index (χ1) is 12.2. The summed E-state index contributed by atoms with van der Waals surface area (Å²) in [5.74, 6) is -0.440. The zero-order chi connectivity index (χ0) is 18.9. The van der Waals surface area contributed by atoms with Crippen LogP contribution >= 0.6 is 0 Å². The van der Waals surface area contributed by atoms with Crippen molar-refractivity contribution < 1.29 is 23.1 Å². The van der Waals surface area contributed by atoms with Gasteiger partial charge >= 0.3 is 6.03 Å². The first kappa shape index (κ1) is 17.7. The number of carbonyl (C=O) groups is 2. The SMILES string of the molecule is CS(=O)(=O)Nc1cccc(CN2C(=O)NC(c3cccc(O)c3)C2=O)c1. The molecule has 1 unspecified atom stereocenters. The Balaban J connectivity index is 1.79. The summed E-state index contributed by atoms with van der Waals surface area (Å²) in [5.41, 5.74) is 1.43. The quantitative estimate of drug-likeness (QED) is 0.686. The normalized spacial score (nSPS) is 17.3. The molecule has 0 aromatic heterocycles. The van der Waals surface area contributed by atoms with E-state index in [-0.39, 0.29) is 12.3 Å².